The molecule has 1 amide bonds. The number of nitrogens with one attached hydrogen (secondary N) is 1. The van der Waals surface area contributed by atoms with Gasteiger partial charge in [0.05, 0.1) is 17.9 Å². The van der Waals surface area contributed by atoms with Crippen LogP contribution in [0.1, 0.15) is 23.1 Å². The fraction of sp³-hybridized carbons (Fsp3) is 0.200. The van der Waals surface area contributed by atoms with Gasteiger partial charge < -0.3 is 19.4 Å². The molecule has 0 aliphatic heterocycles. The minimum Gasteiger partial charge on any atom is -0.484 e. The minimum atomic E-state index is -0.607. The molecule has 4 aromatic rings. The molecule has 0 atom stereocenters. The molecule has 8 nitrogen and oxygen atoms in total. The third-order valence-electron chi connectivity index (χ3n) is 5.28. The number of aromatic nitrogens is 3. The summed E-state index contributed by atoms with van der Waals surface area (Å²) in [5.41, 5.74) is 1.38. The fourth-order valence-corrected chi connectivity index (χ4v) is 5.73. The highest BCUT2D eigenvalue weighted by Crippen LogP contribution is 2.36. The van der Waals surface area contributed by atoms with E-state index < -0.39 is 11.8 Å². The predicted octanol–water partition coefficient (Wildman–Crippen LogP) is 6.57. The Morgan fingerprint density at radius 3 is 2.61 bits per heavy atom. The second-order valence-corrected chi connectivity index (χ2v) is 10.4. The lowest BCUT2D eigenvalue weighted by molar-refractivity contribution is -0.113. The van der Waals surface area contributed by atoms with Gasteiger partial charge in [-0.15, -0.1) is 21.5 Å². The maximum Gasteiger partial charge on any atom is 0.341 e. The first kappa shape index (κ1) is 27.9. The van der Waals surface area contributed by atoms with Crippen LogP contribution >= 0.6 is 46.3 Å². The molecule has 0 saturated carbocycles. The first-order valence-electron chi connectivity index (χ1n) is 11.2. The van der Waals surface area contributed by atoms with E-state index in [0.717, 1.165) is 0 Å². The monoisotopic (exact) mass is 594 g/mol. The van der Waals surface area contributed by atoms with E-state index in [9.17, 15) is 14.0 Å². The predicted molar refractivity (Wildman–Crippen MR) is 147 cm³/mol. The number of halogens is 3. The average molecular weight is 596 g/mol. The van der Waals surface area contributed by atoms with E-state index in [2.05, 4.69) is 15.5 Å². The summed E-state index contributed by atoms with van der Waals surface area (Å²) < 4.78 is 25.9. The Bertz CT molecular complexity index is 1460. The van der Waals surface area contributed by atoms with Gasteiger partial charge >= 0.3 is 5.97 Å². The van der Waals surface area contributed by atoms with E-state index in [1.54, 1.807) is 35.7 Å². The lowest BCUT2D eigenvalue weighted by atomic mass is 10.0. The molecule has 0 bridgehead atoms. The summed E-state index contributed by atoms with van der Waals surface area (Å²) in [6.07, 6.45) is 0. The van der Waals surface area contributed by atoms with Crippen LogP contribution in [0.5, 0.6) is 5.75 Å². The molecule has 0 fully saturated rings. The van der Waals surface area contributed by atoms with Gasteiger partial charge in [-0.1, -0.05) is 47.1 Å². The first-order chi connectivity index (χ1) is 18.3. The third kappa shape index (κ3) is 6.47. The van der Waals surface area contributed by atoms with Crippen molar-refractivity contribution in [3.63, 3.8) is 0 Å². The lowest BCUT2D eigenvalue weighted by Crippen LogP contribution is -2.16. The third-order valence-corrected chi connectivity index (χ3v) is 7.67. The van der Waals surface area contributed by atoms with E-state index >= 15 is 0 Å². The average Bonchev–Trinajstić information content (AvgIpc) is 3.50. The van der Waals surface area contributed by atoms with Crippen molar-refractivity contribution < 1.29 is 23.5 Å². The Balaban J connectivity index is 1.43. The maximum absolute atomic E-state index is 13.4. The number of hydrogen-bond acceptors (Lipinski definition) is 8. The summed E-state index contributed by atoms with van der Waals surface area (Å²) in [4.78, 5) is 25.3. The number of thioether (sulfide) groups is 1. The minimum absolute atomic E-state index is 0.0202. The number of thiophene rings is 1. The van der Waals surface area contributed by atoms with Gasteiger partial charge in [0.1, 0.15) is 28.7 Å². The van der Waals surface area contributed by atoms with E-state index in [1.807, 2.05) is 11.5 Å². The molecule has 198 valence electrons. The van der Waals surface area contributed by atoms with E-state index in [1.165, 1.54) is 42.3 Å². The summed E-state index contributed by atoms with van der Waals surface area (Å²) in [6.45, 7) is 2.61. The topological polar surface area (TPSA) is 95.3 Å². The number of ether oxygens (including phenoxy) is 2. The van der Waals surface area contributed by atoms with Crippen molar-refractivity contribution in [2.24, 2.45) is 0 Å². The molecule has 0 aliphatic rings. The number of carbonyl (C=O) groups excluding carboxylic acids is 2. The molecule has 2 aromatic heterocycles. The standard InChI is InChI=1S/C25H21Cl2FN4O4S2/c1-3-32-20(11-36-19-9-6-15(26)10-18(19)27)30-31-25(32)38-13-21(33)29-23-22(24(34)35-2)17(12-37-23)14-4-7-16(28)8-5-14/h4-10,12H,3,11,13H2,1-2H3,(H,29,33). The summed E-state index contributed by atoms with van der Waals surface area (Å²) in [7, 11) is 1.26. The van der Waals surface area contributed by atoms with Crippen molar-refractivity contribution in [2.45, 2.75) is 25.2 Å². The molecule has 2 aromatic carbocycles. The number of nitrogens with zero attached hydrogens (tertiary/aromatic N) is 3. The maximum atomic E-state index is 13.4. The highest BCUT2D eigenvalue weighted by molar-refractivity contribution is 7.99. The van der Waals surface area contributed by atoms with Gasteiger partial charge in [0.25, 0.3) is 0 Å². The largest absolute Gasteiger partial charge is 0.484 e. The number of carbonyl (C=O) groups is 2. The Morgan fingerprint density at radius 2 is 1.92 bits per heavy atom. The zero-order valence-electron chi connectivity index (χ0n) is 20.2. The number of rotatable bonds is 10. The van der Waals surface area contributed by atoms with Crippen LogP contribution in [-0.2, 0) is 22.7 Å². The second kappa shape index (κ2) is 12.6. The van der Waals surface area contributed by atoms with Crippen molar-refractivity contribution >= 4 is 63.2 Å². The van der Waals surface area contributed by atoms with Crippen LogP contribution in [0.15, 0.2) is 53.0 Å². The molecule has 13 heteroatoms. The summed E-state index contributed by atoms with van der Waals surface area (Å²) in [5, 5.41) is 14.6. The van der Waals surface area contributed by atoms with Crippen LogP contribution in [0.4, 0.5) is 9.39 Å². The Morgan fingerprint density at radius 1 is 1.16 bits per heavy atom. The number of hydrogen-bond donors (Lipinski definition) is 1. The van der Waals surface area contributed by atoms with E-state index in [-0.39, 0.29) is 23.8 Å². The number of benzene rings is 2. The lowest BCUT2D eigenvalue weighted by Gasteiger charge is -2.10. The number of esters is 1. The molecule has 0 radical (unpaired) electrons. The van der Waals surface area contributed by atoms with Crippen LogP contribution in [-0.4, -0.2) is 39.5 Å². The quantitative estimate of drug-likeness (QED) is 0.164. The van der Waals surface area contributed by atoms with Gasteiger partial charge in [0.15, 0.2) is 11.0 Å². The molecule has 4 rings (SSSR count). The Hall–Kier alpha value is -3.12. The van der Waals surface area contributed by atoms with Crippen molar-refractivity contribution in [2.75, 3.05) is 18.2 Å². The molecular formula is C25H21Cl2FN4O4S2. The van der Waals surface area contributed by atoms with Gasteiger partial charge in [-0.3, -0.25) is 4.79 Å². The number of amides is 1. The first-order valence-corrected chi connectivity index (χ1v) is 13.8. The van der Waals surface area contributed by atoms with Gasteiger partial charge in [-0.2, -0.15) is 0 Å². The highest BCUT2D eigenvalue weighted by Gasteiger charge is 2.23. The smallest absolute Gasteiger partial charge is 0.341 e. The highest BCUT2D eigenvalue weighted by atomic mass is 35.5. The number of methoxy groups -OCH3 is 1. The SMILES string of the molecule is CCn1c(COc2ccc(Cl)cc2Cl)nnc1SCC(=O)Nc1scc(-c2ccc(F)cc2)c1C(=O)OC. The van der Waals surface area contributed by atoms with Gasteiger partial charge in [0, 0.05) is 22.5 Å². The van der Waals surface area contributed by atoms with Crippen LogP contribution in [0.25, 0.3) is 11.1 Å². The molecule has 0 spiro atoms. The van der Waals surface area contributed by atoms with Crippen molar-refractivity contribution in [3.05, 3.63) is 75.1 Å². The van der Waals surface area contributed by atoms with E-state index in [0.29, 0.717) is 49.4 Å². The molecular weight excluding hydrogens is 574 g/mol. The van der Waals surface area contributed by atoms with Crippen molar-refractivity contribution in [1.82, 2.24) is 14.8 Å². The Kier molecular flexibility index (Phi) is 9.26. The summed E-state index contributed by atoms with van der Waals surface area (Å²) in [6, 6.07) is 10.7. The van der Waals surface area contributed by atoms with E-state index in [4.69, 9.17) is 32.7 Å². The van der Waals surface area contributed by atoms with Crippen molar-refractivity contribution in [1.29, 1.82) is 0 Å². The molecule has 0 aliphatic carbocycles. The summed E-state index contributed by atoms with van der Waals surface area (Å²) >= 11 is 14.5. The zero-order valence-corrected chi connectivity index (χ0v) is 23.3. The van der Waals surface area contributed by atoms with Crippen LogP contribution < -0.4 is 10.1 Å². The summed E-state index contributed by atoms with van der Waals surface area (Å²) in [5.74, 6) is -0.289. The van der Waals surface area contributed by atoms with Crippen LogP contribution in [0, 0.1) is 5.82 Å². The molecule has 0 unspecified atom stereocenters. The van der Waals surface area contributed by atoms with Gasteiger partial charge in [-0.05, 0) is 42.8 Å². The van der Waals surface area contributed by atoms with Crippen LogP contribution in [0.3, 0.4) is 0 Å². The van der Waals surface area contributed by atoms with Gasteiger partial charge in [-0.25, -0.2) is 9.18 Å². The zero-order chi connectivity index (χ0) is 27.2. The second-order valence-electron chi connectivity index (χ2n) is 7.70. The van der Waals surface area contributed by atoms with Gasteiger partial charge in [0.2, 0.25) is 5.91 Å². The Labute approximate surface area is 236 Å². The van der Waals surface area contributed by atoms with Crippen LogP contribution in [0.2, 0.25) is 10.0 Å². The molecule has 2 heterocycles. The number of anilines is 1. The molecule has 38 heavy (non-hydrogen) atoms. The van der Waals surface area contributed by atoms with Crippen molar-refractivity contribution in [3.8, 4) is 16.9 Å². The normalized spacial score (nSPS) is 10.9. The molecule has 1 N–H and O–H groups in total. The fourth-order valence-electron chi connectivity index (χ4n) is 3.47. The molecule has 0 saturated heterocycles.